The molecule has 0 aliphatic carbocycles. The predicted molar refractivity (Wildman–Crippen MR) is 26.0 cm³/mol. The Morgan fingerprint density at radius 2 is 2.00 bits per heavy atom. The molecule has 0 amide bonds. The van der Waals surface area contributed by atoms with E-state index in [2.05, 4.69) is 13.8 Å². The number of rotatable bonds is 2. The molecule has 0 aliphatic rings. The van der Waals surface area contributed by atoms with Gasteiger partial charge in [0.2, 0.25) is 0 Å². The van der Waals surface area contributed by atoms with Crippen LogP contribution in [-0.4, -0.2) is 11.2 Å². The van der Waals surface area contributed by atoms with Gasteiger partial charge >= 0.3 is 17.1 Å². The zero-order valence-electron chi connectivity index (χ0n) is 4.23. The average molecular weight is 141 g/mol. The molecule has 1 atom stereocenters. The van der Waals surface area contributed by atoms with Crippen LogP contribution in [0.2, 0.25) is 0 Å². The molecule has 2 heteroatoms. The molecule has 0 spiro atoms. The van der Waals surface area contributed by atoms with Crippen LogP contribution in [0.25, 0.3) is 0 Å². The Balaban J connectivity index is 0. The number of aliphatic hydroxyl groups excluding tert-OH is 1. The normalized spacial score (nSPS) is 12.4. The van der Waals surface area contributed by atoms with E-state index in [4.69, 9.17) is 5.11 Å². The molecule has 0 bridgehead atoms. The van der Waals surface area contributed by atoms with Crippen molar-refractivity contribution in [1.29, 1.82) is 0 Å². The maximum absolute atomic E-state index is 8.40. The molecule has 0 heterocycles. The molecule has 7 heavy (non-hydrogen) atoms. The summed E-state index contributed by atoms with van der Waals surface area (Å²) in [6, 6.07) is 0. The molecule has 0 aromatic carbocycles. The Labute approximate surface area is 55.6 Å². The molecular formula is C5H10MnO. The molecule has 43 valence electrons. The average Bonchev–Trinajstić information content (AvgIpc) is 1.35. The standard InChI is InChI=1S/C5H10O.Mn/c1-3-4-5(2)6;/h5-6H,1-4H2;/q-2;+2/t5-;/m1./s1. The van der Waals surface area contributed by atoms with Gasteiger partial charge in [-0.2, -0.15) is 6.42 Å². The molecule has 0 rings (SSSR count). The van der Waals surface area contributed by atoms with Gasteiger partial charge in [-0.3, -0.25) is 0 Å². The van der Waals surface area contributed by atoms with E-state index in [0.717, 1.165) is 6.42 Å². The van der Waals surface area contributed by atoms with E-state index in [1.807, 2.05) is 0 Å². The fourth-order valence-corrected chi connectivity index (χ4v) is 0.236. The monoisotopic (exact) mass is 141 g/mol. The maximum atomic E-state index is 8.40. The van der Waals surface area contributed by atoms with Crippen LogP contribution in [0.1, 0.15) is 12.8 Å². The van der Waals surface area contributed by atoms with E-state index < -0.39 is 6.10 Å². The van der Waals surface area contributed by atoms with Gasteiger partial charge in [0.1, 0.15) is 0 Å². The van der Waals surface area contributed by atoms with E-state index in [1.54, 1.807) is 0 Å². The Kier molecular flexibility index (Phi) is 9.68. The van der Waals surface area contributed by atoms with Crippen molar-refractivity contribution in [3.63, 3.8) is 0 Å². The van der Waals surface area contributed by atoms with Crippen molar-refractivity contribution in [2.24, 2.45) is 0 Å². The van der Waals surface area contributed by atoms with Crippen LogP contribution in [0.5, 0.6) is 0 Å². The summed E-state index contributed by atoms with van der Waals surface area (Å²) in [5.74, 6) is 0. The first-order valence-electron chi connectivity index (χ1n) is 2.07. The van der Waals surface area contributed by atoms with E-state index in [9.17, 15) is 0 Å². The number of hydrogen-bond donors (Lipinski definition) is 1. The van der Waals surface area contributed by atoms with Crippen molar-refractivity contribution in [3.05, 3.63) is 13.8 Å². The zero-order chi connectivity index (χ0) is 4.99. The summed E-state index contributed by atoms with van der Waals surface area (Å²) >= 11 is 0. The first-order valence-corrected chi connectivity index (χ1v) is 2.07. The van der Waals surface area contributed by atoms with E-state index in [0.29, 0.717) is 6.42 Å². The third-order valence-electron chi connectivity index (χ3n) is 0.537. The van der Waals surface area contributed by atoms with Crippen molar-refractivity contribution in [3.8, 4) is 0 Å². The third-order valence-corrected chi connectivity index (χ3v) is 0.537. The Bertz CT molecular complexity index is 29.3. The van der Waals surface area contributed by atoms with E-state index in [1.165, 1.54) is 0 Å². The number of hydrogen-bond acceptors (Lipinski definition) is 1. The van der Waals surface area contributed by atoms with Gasteiger partial charge < -0.3 is 19.0 Å². The summed E-state index contributed by atoms with van der Waals surface area (Å²) in [6.45, 7) is 6.87. The molecule has 0 fully saturated rings. The maximum Gasteiger partial charge on any atom is 2.00 e. The molecule has 1 nitrogen and oxygen atoms in total. The van der Waals surface area contributed by atoms with Crippen LogP contribution < -0.4 is 0 Å². The predicted octanol–water partition coefficient (Wildman–Crippen LogP) is 0.793. The largest absolute Gasteiger partial charge is 2.00 e. The summed E-state index contributed by atoms with van der Waals surface area (Å²) < 4.78 is 0. The second kappa shape index (κ2) is 6.48. The molecule has 0 aliphatic heterocycles. The fraction of sp³-hybridized carbons (Fsp3) is 0.600. The van der Waals surface area contributed by atoms with E-state index >= 15 is 0 Å². The van der Waals surface area contributed by atoms with Crippen LogP contribution in [0, 0.1) is 13.8 Å². The SMILES string of the molecule is [CH2-]CC[C@@H]([CH2-])O.[Mn+2]. The summed E-state index contributed by atoms with van der Waals surface area (Å²) in [7, 11) is 0. The first-order chi connectivity index (χ1) is 2.77. The summed E-state index contributed by atoms with van der Waals surface area (Å²) in [4.78, 5) is 0. The molecule has 0 aromatic rings. The van der Waals surface area contributed by atoms with Crippen LogP contribution in [0.3, 0.4) is 0 Å². The van der Waals surface area contributed by atoms with Crippen molar-refractivity contribution >= 4 is 0 Å². The van der Waals surface area contributed by atoms with Crippen molar-refractivity contribution in [1.82, 2.24) is 0 Å². The van der Waals surface area contributed by atoms with Gasteiger partial charge in [-0.05, 0) is 0 Å². The van der Waals surface area contributed by atoms with Crippen LogP contribution in [-0.2, 0) is 17.1 Å². The van der Waals surface area contributed by atoms with Crippen LogP contribution >= 0.6 is 0 Å². The quantitative estimate of drug-likeness (QED) is 0.445. The molecular weight excluding hydrogens is 131 g/mol. The third kappa shape index (κ3) is 10.7. The summed E-state index contributed by atoms with van der Waals surface area (Å²) in [5.41, 5.74) is 0. The molecule has 0 unspecified atom stereocenters. The molecule has 1 radical (unpaired) electrons. The van der Waals surface area contributed by atoms with Gasteiger partial charge in [0.05, 0.1) is 0 Å². The topological polar surface area (TPSA) is 20.2 Å². The van der Waals surface area contributed by atoms with E-state index in [-0.39, 0.29) is 17.1 Å². The zero-order valence-corrected chi connectivity index (χ0v) is 5.41. The van der Waals surface area contributed by atoms with Gasteiger partial charge in [-0.1, -0.05) is 12.5 Å². The second-order valence-electron chi connectivity index (χ2n) is 1.30. The number of aliphatic hydroxyl groups is 1. The fourth-order valence-electron chi connectivity index (χ4n) is 0.236. The van der Waals surface area contributed by atoms with Gasteiger partial charge in [0.25, 0.3) is 0 Å². The van der Waals surface area contributed by atoms with Gasteiger partial charge in [-0.15, -0.1) is 0 Å². The smallest absolute Gasteiger partial charge is 0.425 e. The minimum atomic E-state index is -0.414. The minimum absolute atomic E-state index is 0. The summed E-state index contributed by atoms with van der Waals surface area (Å²) in [5, 5.41) is 8.40. The summed E-state index contributed by atoms with van der Waals surface area (Å²) in [6.07, 6.45) is 1.06. The van der Waals surface area contributed by atoms with Gasteiger partial charge in [0, 0.05) is 0 Å². The van der Waals surface area contributed by atoms with Crippen molar-refractivity contribution < 1.29 is 22.2 Å². The Hall–Kier alpha value is 0.479. The first kappa shape index (κ1) is 10.5. The van der Waals surface area contributed by atoms with Gasteiger partial charge in [-0.25, -0.2) is 0 Å². The van der Waals surface area contributed by atoms with Gasteiger partial charge in [0.15, 0.2) is 0 Å². The second-order valence-corrected chi connectivity index (χ2v) is 1.30. The Morgan fingerprint density at radius 1 is 1.57 bits per heavy atom. The Morgan fingerprint density at radius 3 is 2.00 bits per heavy atom. The van der Waals surface area contributed by atoms with Crippen LogP contribution in [0.4, 0.5) is 0 Å². The molecule has 1 N–H and O–H groups in total. The molecule has 0 aromatic heterocycles. The van der Waals surface area contributed by atoms with Crippen molar-refractivity contribution in [2.45, 2.75) is 18.9 Å². The van der Waals surface area contributed by atoms with Crippen LogP contribution in [0.15, 0.2) is 0 Å². The van der Waals surface area contributed by atoms with Crippen molar-refractivity contribution in [2.75, 3.05) is 0 Å². The minimum Gasteiger partial charge on any atom is -0.425 e. The molecule has 0 saturated heterocycles. The molecule has 0 saturated carbocycles.